The topological polar surface area (TPSA) is 62.4 Å². The SMILES string of the molecule is OCCCC1CCCN(Cc2nc(-c3cccc(Cl)c3)no2)C1. The highest BCUT2D eigenvalue weighted by molar-refractivity contribution is 6.30. The standard InChI is InChI=1S/C17H22ClN3O2/c18-15-7-1-6-14(10-15)17-19-16(23-20-17)12-21-8-2-4-13(11-21)5-3-9-22/h1,6-7,10,13,22H,2-5,8-9,11-12H2. The molecule has 6 heteroatoms. The molecule has 0 bridgehead atoms. The maximum atomic E-state index is 8.97. The van der Waals surface area contributed by atoms with E-state index in [-0.39, 0.29) is 6.61 Å². The van der Waals surface area contributed by atoms with E-state index in [1.807, 2.05) is 24.3 Å². The molecule has 1 aliphatic rings. The summed E-state index contributed by atoms with van der Waals surface area (Å²) in [5.41, 5.74) is 0.868. The molecular formula is C17H22ClN3O2. The molecule has 124 valence electrons. The number of hydrogen-bond acceptors (Lipinski definition) is 5. The molecule has 5 nitrogen and oxygen atoms in total. The molecule has 1 N–H and O–H groups in total. The van der Waals surface area contributed by atoms with Crippen LogP contribution in [0.15, 0.2) is 28.8 Å². The van der Waals surface area contributed by atoms with Crippen LogP contribution in [0.2, 0.25) is 5.02 Å². The summed E-state index contributed by atoms with van der Waals surface area (Å²) in [6.45, 7) is 3.06. The predicted molar refractivity (Wildman–Crippen MR) is 89.1 cm³/mol. The third-order valence-corrected chi connectivity index (χ3v) is 4.52. The maximum Gasteiger partial charge on any atom is 0.241 e. The number of aliphatic hydroxyl groups excluding tert-OH is 1. The highest BCUT2D eigenvalue weighted by Crippen LogP contribution is 2.23. The van der Waals surface area contributed by atoms with Gasteiger partial charge in [0.25, 0.3) is 0 Å². The lowest BCUT2D eigenvalue weighted by molar-refractivity contribution is 0.139. The molecule has 0 spiro atoms. The third-order valence-electron chi connectivity index (χ3n) is 4.28. The molecule has 1 aromatic carbocycles. The molecule has 3 rings (SSSR count). The van der Waals surface area contributed by atoms with Gasteiger partial charge >= 0.3 is 0 Å². The van der Waals surface area contributed by atoms with E-state index in [9.17, 15) is 0 Å². The summed E-state index contributed by atoms with van der Waals surface area (Å²) in [4.78, 5) is 6.85. The van der Waals surface area contributed by atoms with Crippen LogP contribution in [0.1, 0.15) is 31.6 Å². The average Bonchev–Trinajstić information content (AvgIpc) is 3.02. The molecule has 1 fully saturated rings. The minimum atomic E-state index is 0.281. The zero-order chi connectivity index (χ0) is 16.1. The Hall–Kier alpha value is -1.43. The van der Waals surface area contributed by atoms with Crippen LogP contribution < -0.4 is 0 Å². The summed E-state index contributed by atoms with van der Waals surface area (Å²) < 4.78 is 5.39. The Morgan fingerprint density at radius 3 is 3.13 bits per heavy atom. The van der Waals surface area contributed by atoms with E-state index in [1.165, 1.54) is 12.8 Å². The van der Waals surface area contributed by atoms with Gasteiger partial charge in [0.2, 0.25) is 11.7 Å². The smallest absolute Gasteiger partial charge is 0.241 e. The zero-order valence-electron chi connectivity index (χ0n) is 13.1. The minimum absolute atomic E-state index is 0.281. The van der Waals surface area contributed by atoms with Crippen molar-refractivity contribution in [3.8, 4) is 11.4 Å². The Bertz CT molecular complexity index is 632. The first-order valence-electron chi connectivity index (χ1n) is 8.16. The number of rotatable bonds is 6. The largest absolute Gasteiger partial charge is 0.396 e. The monoisotopic (exact) mass is 335 g/mol. The Balaban J connectivity index is 1.60. The van der Waals surface area contributed by atoms with Crippen molar-refractivity contribution in [3.63, 3.8) is 0 Å². The molecule has 1 aliphatic heterocycles. The van der Waals surface area contributed by atoms with Gasteiger partial charge in [-0.2, -0.15) is 4.98 Å². The van der Waals surface area contributed by atoms with Crippen molar-refractivity contribution in [1.82, 2.24) is 15.0 Å². The van der Waals surface area contributed by atoms with E-state index in [1.54, 1.807) is 0 Å². The summed E-state index contributed by atoms with van der Waals surface area (Å²) in [7, 11) is 0. The molecule has 1 unspecified atom stereocenters. The second kappa shape index (κ2) is 7.90. The van der Waals surface area contributed by atoms with Gasteiger partial charge in [-0.05, 0) is 50.3 Å². The summed E-state index contributed by atoms with van der Waals surface area (Å²) >= 11 is 6.00. The first-order chi connectivity index (χ1) is 11.2. The van der Waals surface area contributed by atoms with Gasteiger partial charge in [-0.3, -0.25) is 4.90 Å². The average molecular weight is 336 g/mol. The second-order valence-electron chi connectivity index (χ2n) is 6.13. The Morgan fingerprint density at radius 2 is 2.30 bits per heavy atom. The zero-order valence-corrected chi connectivity index (χ0v) is 13.9. The summed E-state index contributed by atoms with van der Waals surface area (Å²) in [5, 5.41) is 13.7. The minimum Gasteiger partial charge on any atom is -0.396 e. The van der Waals surface area contributed by atoms with Crippen LogP contribution in [0.25, 0.3) is 11.4 Å². The van der Waals surface area contributed by atoms with E-state index in [4.69, 9.17) is 21.2 Å². The first-order valence-corrected chi connectivity index (χ1v) is 8.54. The van der Waals surface area contributed by atoms with Crippen LogP contribution in [-0.2, 0) is 6.54 Å². The van der Waals surface area contributed by atoms with Gasteiger partial charge in [0, 0.05) is 23.7 Å². The normalized spacial score (nSPS) is 19.1. The van der Waals surface area contributed by atoms with Gasteiger partial charge in [0.1, 0.15) is 0 Å². The van der Waals surface area contributed by atoms with Crippen molar-refractivity contribution >= 4 is 11.6 Å². The van der Waals surface area contributed by atoms with Gasteiger partial charge in [0.15, 0.2) is 0 Å². The number of benzene rings is 1. The van der Waals surface area contributed by atoms with Crippen LogP contribution >= 0.6 is 11.6 Å². The van der Waals surface area contributed by atoms with Crippen molar-refractivity contribution in [2.75, 3.05) is 19.7 Å². The number of hydrogen-bond donors (Lipinski definition) is 1. The fourth-order valence-corrected chi connectivity index (χ4v) is 3.36. The fraction of sp³-hybridized carbons (Fsp3) is 0.529. The molecule has 1 saturated heterocycles. The van der Waals surface area contributed by atoms with Gasteiger partial charge < -0.3 is 9.63 Å². The van der Waals surface area contributed by atoms with Gasteiger partial charge in [-0.25, -0.2) is 0 Å². The Kier molecular flexibility index (Phi) is 5.65. The van der Waals surface area contributed by atoms with Gasteiger partial charge in [-0.1, -0.05) is 28.9 Å². The van der Waals surface area contributed by atoms with Crippen LogP contribution in [0, 0.1) is 5.92 Å². The first kappa shape index (κ1) is 16.4. The van der Waals surface area contributed by atoms with Crippen molar-refractivity contribution in [2.24, 2.45) is 5.92 Å². The summed E-state index contributed by atoms with van der Waals surface area (Å²) in [6, 6.07) is 7.46. The number of aromatic nitrogens is 2. The molecule has 2 aromatic rings. The predicted octanol–water partition coefficient (Wildman–Crippen LogP) is 3.37. The molecule has 0 amide bonds. The van der Waals surface area contributed by atoms with Crippen molar-refractivity contribution in [3.05, 3.63) is 35.2 Å². The van der Waals surface area contributed by atoms with Gasteiger partial charge in [-0.15, -0.1) is 0 Å². The molecular weight excluding hydrogens is 314 g/mol. The third kappa shape index (κ3) is 4.53. The molecule has 1 atom stereocenters. The Morgan fingerprint density at radius 1 is 1.39 bits per heavy atom. The fourth-order valence-electron chi connectivity index (χ4n) is 3.17. The van der Waals surface area contributed by atoms with Crippen molar-refractivity contribution < 1.29 is 9.63 Å². The maximum absolute atomic E-state index is 8.97. The van der Waals surface area contributed by atoms with Crippen molar-refractivity contribution in [2.45, 2.75) is 32.2 Å². The molecule has 2 heterocycles. The van der Waals surface area contributed by atoms with Crippen LogP contribution in [-0.4, -0.2) is 39.8 Å². The second-order valence-corrected chi connectivity index (χ2v) is 6.57. The summed E-state index contributed by atoms with van der Waals surface area (Å²) in [5.74, 6) is 1.88. The van der Waals surface area contributed by atoms with E-state index in [0.29, 0.717) is 29.2 Å². The lowest BCUT2D eigenvalue weighted by atomic mass is 9.93. The van der Waals surface area contributed by atoms with Crippen LogP contribution in [0.4, 0.5) is 0 Å². The highest BCUT2D eigenvalue weighted by Gasteiger charge is 2.21. The quantitative estimate of drug-likeness (QED) is 0.876. The number of halogens is 1. The van der Waals surface area contributed by atoms with Gasteiger partial charge in [0.05, 0.1) is 6.54 Å². The molecule has 23 heavy (non-hydrogen) atoms. The molecule has 0 radical (unpaired) electrons. The van der Waals surface area contributed by atoms with Crippen LogP contribution in [0.5, 0.6) is 0 Å². The lowest BCUT2D eigenvalue weighted by Crippen LogP contribution is -2.35. The molecule has 0 aliphatic carbocycles. The Labute approximate surface area is 141 Å². The number of likely N-dealkylation sites (tertiary alicyclic amines) is 1. The lowest BCUT2D eigenvalue weighted by Gasteiger charge is -2.31. The number of nitrogens with zero attached hydrogens (tertiary/aromatic N) is 3. The number of aliphatic hydroxyl groups is 1. The van der Waals surface area contributed by atoms with E-state index in [2.05, 4.69) is 15.0 Å². The van der Waals surface area contributed by atoms with E-state index < -0.39 is 0 Å². The van der Waals surface area contributed by atoms with E-state index in [0.717, 1.165) is 31.5 Å². The number of piperidine rings is 1. The van der Waals surface area contributed by atoms with Crippen LogP contribution in [0.3, 0.4) is 0 Å². The van der Waals surface area contributed by atoms with Crippen molar-refractivity contribution in [1.29, 1.82) is 0 Å². The summed E-state index contributed by atoms with van der Waals surface area (Å²) in [6.07, 6.45) is 4.40. The molecule has 1 aromatic heterocycles. The highest BCUT2D eigenvalue weighted by atomic mass is 35.5. The van der Waals surface area contributed by atoms with E-state index >= 15 is 0 Å². The molecule has 0 saturated carbocycles.